The number of hydrogen-bond donors (Lipinski definition) is 2. The monoisotopic (exact) mass is 470 g/mol. The molecule has 0 spiro atoms. The number of aliphatic hydroxyl groups is 2. The van der Waals surface area contributed by atoms with Gasteiger partial charge < -0.3 is 19.4 Å². The van der Waals surface area contributed by atoms with Crippen molar-refractivity contribution < 1.29 is 33.9 Å². The van der Waals surface area contributed by atoms with Gasteiger partial charge in [-0.1, -0.05) is 19.4 Å². The zero-order chi connectivity index (χ0) is 24.2. The number of rotatable bonds is 6. The number of nitro benzene ring substituents is 1. The molecule has 1 aromatic heterocycles. The second kappa shape index (κ2) is 8.30. The number of aliphatic hydroxyl groups excluding tert-OH is 1. The maximum absolute atomic E-state index is 13.6. The van der Waals surface area contributed by atoms with Crippen LogP contribution in [0.15, 0.2) is 40.8 Å². The topological polar surface area (TPSA) is 143 Å². The van der Waals surface area contributed by atoms with E-state index in [4.69, 9.17) is 9.15 Å². The molecule has 1 aromatic carbocycles. The van der Waals surface area contributed by atoms with E-state index in [1.54, 1.807) is 12.1 Å². The van der Waals surface area contributed by atoms with Gasteiger partial charge in [-0.2, -0.15) is 0 Å². The molecule has 2 saturated heterocycles. The molecule has 0 bridgehead atoms. The predicted octanol–water partition coefficient (Wildman–Crippen LogP) is 3.07. The molecule has 1 saturated carbocycles. The van der Waals surface area contributed by atoms with Crippen molar-refractivity contribution in [3.63, 3.8) is 0 Å². The largest absolute Gasteiger partial charge is 0.461 e. The first kappa shape index (κ1) is 22.7. The lowest BCUT2D eigenvalue weighted by Crippen LogP contribution is -2.53. The summed E-state index contributed by atoms with van der Waals surface area (Å²) in [4.78, 5) is 38.7. The number of hydrogen-bond acceptors (Lipinski definition) is 8. The molecule has 3 heterocycles. The molecule has 10 nitrogen and oxygen atoms in total. The van der Waals surface area contributed by atoms with E-state index >= 15 is 0 Å². The summed E-state index contributed by atoms with van der Waals surface area (Å²) < 4.78 is 11.8. The van der Waals surface area contributed by atoms with Gasteiger partial charge in [-0.15, -0.1) is 0 Å². The zero-order valence-corrected chi connectivity index (χ0v) is 18.6. The van der Waals surface area contributed by atoms with Crippen molar-refractivity contribution in [3.05, 3.63) is 58.0 Å². The van der Waals surface area contributed by atoms with Gasteiger partial charge in [0, 0.05) is 24.0 Å². The quantitative estimate of drug-likeness (QED) is 0.372. The fourth-order valence-corrected chi connectivity index (χ4v) is 5.99. The highest BCUT2D eigenvalue weighted by Crippen LogP contribution is 2.59. The van der Waals surface area contributed by atoms with E-state index < -0.39 is 46.4 Å². The Labute approximate surface area is 195 Å². The van der Waals surface area contributed by atoms with Gasteiger partial charge in [0.15, 0.2) is 5.79 Å². The van der Waals surface area contributed by atoms with E-state index in [9.17, 15) is 29.9 Å². The van der Waals surface area contributed by atoms with Gasteiger partial charge >= 0.3 is 0 Å². The lowest BCUT2D eigenvalue weighted by Gasteiger charge is -2.44. The van der Waals surface area contributed by atoms with Crippen LogP contribution in [0, 0.1) is 33.8 Å². The number of carbonyl (C=O) groups excluding carboxylic acids is 2. The van der Waals surface area contributed by atoms with Crippen LogP contribution >= 0.6 is 0 Å². The molecule has 10 heteroatoms. The number of fused-ring (bicyclic) bond motifs is 3. The van der Waals surface area contributed by atoms with Crippen LogP contribution in [0.2, 0.25) is 0 Å². The molecule has 0 radical (unpaired) electrons. The van der Waals surface area contributed by atoms with E-state index in [0.29, 0.717) is 17.9 Å². The van der Waals surface area contributed by atoms with E-state index in [0.717, 1.165) is 11.3 Å². The smallest absolute Gasteiger partial charge is 0.271 e. The van der Waals surface area contributed by atoms with Crippen LogP contribution < -0.4 is 4.90 Å². The van der Waals surface area contributed by atoms with Crippen molar-refractivity contribution in [1.29, 1.82) is 0 Å². The normalized spacial score (nSPS) is 32.7. The molecule has 3 fully saturated rings. The van der Waals surface area contributed by atoms with E-state index in [2.05, 4.69) is 0 Å². The number of anilines is 1. The van der Waals surface area contributed by atoms with Crippen LogP contribution in [0.5, 0.6) is 0 Å². The van der Waals surface area contributed by atoms with Crippen LogP contribution in [-0.2, 0) is 20.9 Å². The minimum Gasteiger partial charge on any atom is -0.461 e. The summed E-state index contributed by atoms with van der Waals surface area (Å²) in [6, 6.07) is 8.78. The predicted molar refractivity (Wildman–Crippen MR) is 117 cm³/mol. The van der Waals surface area contributed by atoms with Crippen molar-refractivity contribution in [1.82, 2.24) is 0 Å². The highest BCUT2D eigenvalue weighted by molar-refractivity contribution is 6.22. The Balaban J connectivity index is 1.51. The summed E-state index contributed by atoms with van der Waals surface area (Å²) in [6.45, 7) is 1.71. The summed E-state index contributed by atoms with van der Waals surface area (Å²) in [5, 5.41) is 32.3. The van der Waals surface area contributed by atoms with Crippen LogP contribution in [0.25, 0.3) is 0 Å². The van der Waals surface area contributed by atoms with Crippen LogP contribution in [-0.4, -0.2) is 32.7 Å². The number of non-ortho nitro benzene ring substituents is 1. The molecule has 0 unspecified atom stereocenters. The molecule has 6 atom stereocenters. The van der Waals surface area contributed by atoms with Crippen molar-refractivity contribution in [2.24, 2.45) is 23.7 Å². The Morgan fingerprint density at radius 3 is 2.68 bits per heavy atom. The van der Waals surface area contributed by atoms with Crippen molar-refractivity contribution in [3.8, 4) is 0 Å². The highest BCUT2D eigenvalue weighted by atomic mass is 16.6. The Morgan fingerprint density at radius 2 is 2.00 bits per heavy atom. The third-order valence-corrected chi connectivity index (χ3v) is 7.46. The Hall–Kier alpha value is -3.08. The van der Waals surface area contributed by atoms with Crippen molar-refractivity contribution in [2.45, 2.75) is 51.1 Å². The number of benzene rings is 1. The lowest BCUT2D eigenvalue weighted by atomic mass is 9.63. The molecule has 2 amide bonds. The number of imide groups is 1. The van der Waals surface area contributed by atoms with Crippen LogP contribution in [0.4, 0.5) is 11.4 Å². The average Bonchev–Trinajstić information content (AvgIpc) is 3.49. The van der Waals surface area contributed by atoms with Gasteiger partial charge in [-0.3, -0.25) is 19.7 Å². The molecule has 34 heavy (non-hydrogen) atoms. The van der Waals surface area contributed by atoms with Crippen LogP contribution in [0.3, 0.4) is 0 Å². The fourth-order valence-electron chi connectivity index (χ4n) is 5.99. The van der Waals surface area contributed by atoms with Crippen molar-refractivity contribution in [2.75, 3.05) is 4.90 Å². The first-order valence-electron chi connectivity index (χ1n) is 11.5. The molecule has 2 aliphatic heterocycles. The minimum absolute atomic E-state index is 0.156. The summed E-state index contributed by atoms with van der Waals surface area (Å²) in [5.74, 6) is -4.11. The molecular formula is C24H26N2O8. The summed E-state index contributed by atoms with van der Waals surface area (Å²) in [5.41, 5.74) is -0.0571. The number of amides is 2. The Bertz CT molecular complexity index is 1150. The third-order valence-electron chi connectivity index (χ3n) is 7.46. The number of carbonyl (C=O) groups is 2. The molecular weight excluding hydrogens is 444 g/mol. The lowest BCUT2D eigenvalue weighted by molar-refractivity contribution is -0.384. The van der Waals surface area contributed by atoms with E-state index in [-0.39, 0.29) is 36.7 Å². The van der Waals surface area contributed by atoms with Gasteiger partial charge in [0.05, 0.1) is 22.4 Å². The van der Waals surface area contributed by atoms with Gasteiger partial charge in [-0.25, -0.2) is 4.90 Å². The molecule has 180 valence electrons. The summed E-state index contributed by atoms with van der Waals surface area (Å²) >= 11 is 0. The Kier molecular flexibility index (Phi) is 5.54. The number of nitrogens with zero attached hydrogens (tertiary/aromatic N) is 2. The average molecular weight is 470 g/mol. The highest BCUT2D eigenvalue weighted by Gasteiger charge is 2.66. The third kappa shape index (κ3) is 3.36. The van der Waals surface area contributed by atoms with Gasteiger partial charge in [-0.05, 0) is 37.5 Å². The standard InChI is InChI=1S/C24H26N2O8/c1-2-4-13-9-17-21(18-11-20(34-24(13,18)30)19-8-7-16(12-27)33-19)23(29)25(22(17)28)14-5-3-6-15(10-14)26(31)32/h3,5-8,10,13,17-18,20-21,27,30H,2,4,9,11-12H2,1H3/t13-,17-,18-,20-,21-,24+/m0/s1. The summed E-state index contributed by atoms with van der Waals surface area (Å²) in [6.07, 6.45) is 1.31. The first-order chi connectivity index (χ1) is 16.3. The SMILES string of the molecule is CCC[C@H]1C[C@@H]2C(=O)N(c3cccc([N+](=O)[O-])c3)C(=O)[C@@H]2[C@@H]2C[C@@H](c3ccc(CO)o3)O[C@]12O. The van der Waals surface area contributed by atoms with E-state index in [1.807, 2.05) is 6.92 Å². The molecule has 2 N–H and O–H groups in total. The zero-order valence-electron chi connectivity index (χ0n) is 18.6. The van der Waals surface area contributed by atoms with Crippen LogP contribution in [0.1, 0.15) is 50.2 Å². The maximum atomic E-state index is 13.6. The number of ether oxygens (including phenoxy) is 1. The molecule has 5 rings (SSSR count). The maximum Gasteiger partial charge on any atom is 0.271 e. The van der Waals surface area contributed by atoms with Crippen molar-refractivity contribution >= 4 is 23.2 Å². The second-order valence-corrected chi connectivity index (χ2v) is 9.31. The van der Waals surface area contributed by atoms with E-state index in [1.165, 1.54) is 24.3 Å². The van der Waals surface area contributed by atoms with Gasteiger partial charge in [0.1, 0.15) is 24.2 Å². The molecule has 3 aliphatic rings. The number of furan rings is 1. The minimum atomic E-state index is -1.61. The number of nitro groups is 1. The van der Waals surface area contributed by atoms with Gasteiger partial charge in [0.2, 0.25) is 11.8 Å². The second-order valence-electron chi connectivity index (χ2n) is 9.31. The van der Waals surface area contributed by atoms with Gasteiger partial charge in [0.25, 0.3) is 5.69 Å². The molecule has 1 aliphatic carbocycles. The summed E-state index contributed by atoms with van der Waals surface area (Å²) in [7, 11) is 0. The fraction of sp³-hybridized carbons (Fsp3) is 0.500. The molecule has 2 aromatic rings. The Morgan fingerprint density at radius 1 is 1.21 bits per heavy atom. The first-order valence-corrected chi connectivity index (χ1v) is 11.5.